The summed E-state index contributed by atoms with van der Waals surface area (Å²) in [7, 11) is -4.91. The van der Waals surface area contributed by atoms with Gasteiger partial charge >= 0.3 is 29.6 Å². The number of nitrogens with zero attached hydrogens (tertiary/aromatic N) is 1. The first-order valence-electron chi connectivity index (χ1n) is 25.7. The van der Waals surface area contributed by atoms with E-state index in [1.807, 2.05) is 42.5 Å². The summed E-state index contributed by atoms with van der Waals surface area (Å²) >= 11 is 0. The molecule has 4 aromatic carbocycles. The average molecular weight is 988 g/mol. The van der Waals surface area contributed by atoms with Gasteiger partial charge in [-0.2, -0.15) is 0 Å². The van der Waals surface area contributed by atoms with Crippen molar-refractivity contribution >= 4 is 16.1 Å². The number of benzene rings is 4. The Bertz CT molecular complexity index is 2860. The van der Waals surface area contributed by atoms with Crippen molar-refractivity contribution < 1.29 is 67.3 Å². The minimum Gasteiger partial charge on any atom is -0.748 e. The molecule has 14 unspecified atom stereocenters. The van der Waals surface area contributed by atoms with Crippen LogP contribution in [0.15, 0.2) is 108 Å². The van der Waals surface area contributed by atoms with E-state index >= 15 is 0 Å². The Morgan fingerprint density at radius 1 is 0.944 bits per heavy atom. The van der Waals surface area contributed by atoms with Crippen LogP contribution in [0.4, 0.5) is 0 Å². The SMILES string of the molecule is CC1CCc2cc3ccc2C1CC(S(=O)(=O)[O-])C1C=C2CC(CC4CC(CO)CC#Cc5cc(O)ccc5C2O4)C1c1ccc(cc1)C(N=C(N)N)(C1CCC2CCCC2(O)C1Cc1ccccc1)O3.[Na+]. The quantitative estimate of drug-likeness (QED) is 0.0404. The van der Waals surface area contributed by atoms with Crippen molar-refractivity contribution in [2.45, 2.75) is 131 Å². The van der Waals surface area contributed by atoms with Crippen LogP contribution >= 0.6 is 0 Å². The normalized spacial score (nSPS) is 34.9. The van der Waals surface area contributed by atoms with E-state index in [1.54, 1.807) is 12.1 Å². The second-order valence-corrected chi connectivity index (χ2v) is 23.6. The third kappa shape index (κ3) is 9.41. The number of allylic oxidation sites excluding steroid dienone is 1. The number of aromatic hydroxyl groups is 1. The number of nitrogens with two attached hydrogens (primary N) is 2. The number of aryl methyl sites for hydroxylation is 1. The summed E-state index contributed by atoms with van der Waals surface area (Å²) in [5.41, 5.74) is 17.7. The molecule has 7 N–H and O–H groups in total. The second kappa shape index (κ2) is 19.9. The van der Waals surface area contributed by atoms with Gasteiger partial charge in [0.2, 0.25) is 5.72 Å². The van der Waals surface area contributed by atoms with Gasteiger partial charge in [0.05, 0.1) is 27.1 Å². The minimum absolute atomic E-state index is 0. The molecule has 0 radical (unpaired) electrons. The smallest absolute Gasteiger partial charge is 0.748 e. The summed E-state index contributed by atoms with van der Waals surface area (Å²) in [4.78, 5) is 5.20. The Morgan fingerprint density at radius 2 is 1.73 bits per heavy atom. The van der Waals surface area contributed by atoms with Crippen molar-refractivity contribution in [3.05, 3.63) is 142 Å². The molecule has 2 saturated carbocycles. The van der Waals surface area contributed by atoms with Gasteiger partial charge in [-0.15, -0.1) is 0 Å². The van der Waals surface area contributed by atoms with E-state index in [4.69, 9.17) is 25.9 Å². The maximum atomic E-state index is 14.2. The summed E-state index contributed by atoms with van der Waals surface area (Å²) in [5, 5.41) is 33.0. The van der Waals surface area contributed by atoms with Gasteiger partial charge < -0.3 is 40.8 Å². The Balaban J connectivity index is 0.00000582. The molecule has 5 aliphatic heterocycles. The number of hydrogen-bond donors (Lipinski definition) is 5. The van der Waals surface area contributed by atoms with Crippen LogP contribution in [0, 0.1) is 53.3 Å². The Labute approximate surface area is 441 Å². The van der Waals surface area contributed by atoms with E-state index in [9.17, 15) is 28.3 Å². The monoisotopic (exact) mass is 987 g/mol. The Morgan fingerprint density at radius 3 is 2.49 bits per heavy atom. The number of aliphatic hydroxyl groups excluding tert-OH is 1. The largest absolute Gasteiger partial charge is 1.00 e. The second-order valence-electron chi connectivity index (χ2n) is 22.0. The maximum Gasteiger partial charge on any atom is 1.00 e. The molecule has 4 aliphatic carbocycles. The van der Waals surface area contributed by atoms with Crippen LogP contribution in [0.25, 0.3) is 0 Å². The van der Waals surface area contributed by atoms with E-state index in [0.717, 1.165) is 71.1 Å². The van der Waals surface area contributed by atoms with Gasteiger partial charge in [0, 0.05) is 41.6 Å². The van der Waals surface area contributed by atoms with Crippen molar-refractivity contribution in [2.75, 3.05) is 6.61 Å². The summed E-state index contributed by atoms with van der Waals surface area (Å²) in [6.07, 6.45) is 9.65. The van der Waals surface area contributed by atoms with Crippen LogP contribution in [-0.4, -0.2) is 57.8 Å². The van der Waals surface area contributed by atoms with Crippen LogP contribution in [0.3, 0.4) is 0 Å². The number of hydrogen-bond acceptors (Lipinski definition) is 9. The molecule has 0 aromatic heterocycles. The van der Waals surface area contributed by atoms with Crippen LogP contribution < -0.4 is 45.8 Å². The fourth-order valence-corrected chi connectivity index (χ4v) is 15.9. The number of aliphatic imine (C=N–C) groups is 1. The zero-order chi connectivity index (χ0) is 48.5. The Kier molecular flexibility index (Phi) is 14.1. The minimum atomic E-state index is -4.91. The molecule has 71 heavy (non-hydrogen) atoms. The molecule has 1 saturated heterocycles. The molecular formula is C58H66N3NaO8S. The zero-order valence-electron chi connectivity index (χ0n) is 41.0. The van der Waals surface area contributed by atoms with E-state index < -0.39 is 44.6 Å². The van der Waals surface area contributed by atoms with Gasteiger partial charge in [-0.1, -0.05) is 98.0 Å². The molecule has 9 aliphatic rings. The van der Waals surface area contributed by atoms with E-state index in [1.165, 1.54) is 0 Å². The molecule has 5 heterocycles. The van der Waals surface area contributed by atoms with Crippen LogP contribution in [0.5, 0.6) is 11.5 Å². The number of guanidine groups is 1. The molecule has 14 atom stereocenters. The Hall–Kier alpha value is -4.16. The van der Waals surface area contributed by atoms with Gasteiger partial charge in [-0.05, 0) is 164 Å². The first-order chi connectivity index (χ1) is 33.7. The molecule has 4 aromatic rings. The molecule has 3 fully saturated rings. The summed E-state index contributed by atoms with van der Waals surface area (Å²) in [6.45, 7) is 2.09. The van der Waals surface area contributed by atoms with E-state index in [0.29, 0.717) is 56.3 Å². The van der Waals surface area contributed by atoms with Gasteiger partial charge in [0.1, 0.15) is 17.6 Å². The molecular weight excluding hydrogens is 922 g/mol. The third-order valence-corrected chi connectivity index (χ3v) is 19.3. The molecule has 368 valence electrons. The van der Waals surface area contributed by atoms with Crippen LogP contribution in [-0.2, 0) is 33.4 Å². The number of rotatable bonds is 6. The van der Waals surface area contributed by atoms with E-state index in [-0.39, 0.29) is 102 Å². The topological polar surface area (TPSA) is 201 Å². The fraction of sp³-hybridized carbons (Fsp3) is 0.500. The molecule has 10 bridgehead atoms. The number of fused-ring (bicyclic) bond motifs is 10. The zero-order valence-corrected chi connectivity index (χ0v) is 43.8. The standard InChI is InChI=1S/C58H67N3O8S.Na/c1-34-12-13-39-29-45-20-22-47(39)49(34)32-53(70(65,66)67)50-31-41-27-40(30-46-25-36(33-62)9-5-10-38-28-44(63)19-21-48(38)55(41)68-46)54(50)37-14-16-43(17-15-37)58(69-45,61-56(59)60)51-23-18-42-11-6-24-57(42,64)52(51)26-35-7-3-2-4-8-35;/h2-4,7-8,14-17,19-22,28-29,31,34,36,40,42,46,49-55,62-64H,6,9,11-13,18,23-27,30,32-33H2,1H3,(H4,59,60,61)(H,65,66,67);/q;+1/p-1. The van der Waals surface area contributed by atoms with Crippen LogP contribution in [0.2, 0.25) is 0 Å². The predicted molar refractivity (Wildman–Crippen MR) is 267 cm³/mol. The summed E-state index contributed by atoms with van der Waals surface area (Å²) < 4.78 is 57.3. The van der Waals surface area contributed by atoms with Crippen molar-refractivity contribution in [3.63, 3.8) is 0 Å². The van der Waals surface area contributed by atoms with E-state index in [2.05, 4.69) is 61.2 Å². The molecule has 13 heteroatoms. The molecule has 11 nitrogen and oxygen atoms in total. The molecule has 0 spiro atoms. The number of ether oxygens (including phenoxy) is 2. The van der Waals surface area contributed by atoms with Crippen LogP contribution in [0.1, 0.15) is 134 Å². The molecule has 13 rings (SSSR count). The fourth-order valence-electron chi connectivity index (χ4n) is 14.9. The van der Waals surface area contributed by atoms with Gasteiger partial charge in [-0.3, -0.25) is 0 Å². The predicted octanol–water partition coefficient (Wildman–Crippen LogP) is 5.62. The van der Waals surface area contributed by atoms with Gasteiger partial charge in [-0.25, -0.2) is 13.4 Å². The first-order valence-corrected chi connectivity index (χ1v) is 27.2. The third-order valence-electron chi connectivity index (χ3n) is 18.1. The van der Waals surface area contributed by atoms with Crippen molar-refractivity contribution in [3.8, 4) is 23.3 Å². The van der Waals surface area contributed by atoms with Crippen molar-refractivity contribution in [1.82, 2.24) is 0 Å². The summed E-state index contributed by atoms with van der Waals surface area (Å²) in [5.74, 6) is 4.96. The van der Waals surface area contributed by atoms with Gasteiger partial charge in [0.25, 0.3) is 0 Å². The summed E-state index contributed by atoms with van der Waals surface area (Å²) in [6, 6.07) is 29.7. The number of phenolic OH excluding ortho intramolecular Hbond substituents is 1. The number of aliphatic hydroxyl groups is 2. The number of phenols is 1. The van der Waals surface area contributed by atoms with Gasteiger partial charge in [0.15, 0.2) is 5.96 Å². The molecule has 0 amide bonds. The first kappa shape index (κ1) is 50.4. The maximum absolute atomic E-state index is 14.2. The van der Waals surface area contributed by atoms with Crippen molar-refractivity contribution in [2.24, 2.45) is 57.9 Å². The average Bonchev–Trinajstić information content (AvgIpc) is 3.67. The van der Waals surface area contributed by atoms with Crippen molar-refractivity contribution in [1.29, 1.82) is 0 Å².